The third-order valence-electron chi connectivity index (χ3n) is 14.5. The molecule has 336 valence electrons. The van der Waals surface area contributed by atoms with Crippen molar-refractivity contribution in [3.05, 3.63) is 267 Å². The highest BCUT2D eigenvalue weighted by atomic mass is 15.1. The van der Waals surface area contributed by atoms with E-state index in [0.717, 1.165) is 50.0 Å². The summed E-state index contributed by atoms with van der Waals surface area (Å²) in [5.41, 5.74) is 16.1. The number of pyridine rings is 2. The lowest BCUT2D eigenvalue weighted by Crippen LogP contribution is -2.10. The van der Waals surface area contributed by atoms with Crippen LogP contribution in [0.5, 0.6) is 0 Å². The van der Waals surface area contributed by atoms with Gasteiger partial charge in [-0.3, -0.25) is 9.97 Å². The maximum atomic E-state index is 4.51. The lowest BCUT2D eigenvalue weighted by molar-refractivity contribution is 1.18. The summed E-state index contributed by atoms with van der Waals surface area (Å²) in [6.45, 7) is 0. The summed E-state index contributed by atoms with van der Waals surface area (Å²) < 4.78 is 2.38. The fourth-order valence-electron chi connectivity index (χ4n) is 11.3. The molecule has 3 heterocycles. The predicted molar refractivity (Wildman–Crippen MR) is 303 cm³/mol. The monoisotopic (exact) mass is 916 g/mol. The Hall–Kier alpha value is -9.64. The quantitative estimate of drug-likeness (QED) is 0.142. The number of nitrogens with zero attached hydrogens (tertiary/aromatic N) is 4. The van der Waals surface area contributed by atoms with Gasteiger partial charge in [0.25, 0.3) is 0 Å². The molecule has 0 atom stereocenters. The van der Waals surface area contributed by atoms with Crippen LogP contribution in [0.3, 0.4) is 0 Å². The predicted octanol–water partition coefficient (Wildman–Crippen LogP) is 18.3. The summed E-state index contributed by atoms with van der Waals surface area (Å²) in [6.07, 6.45) is 7.65. The Bertz CT molecular complexity index is 4400. The number of benzene rings is 11. The second-order valence-corrected chi connectivity index (χ2v) is 18.6. The Balaban J connectivity index is 1.06. The molecule has 0 fully saturated rings. The molecule has 14 aromatic rings. The summed E-state index contributed by atoms with van der Waals surface area (Å²) in [5, 5.41) is 11.7. The molecule has 4 heteroatoms. The summed E-state index contributed by atoms with van der Waals surface area (Å²) in [5.74, 6) is 0. The van der Waals surface area contributed by atoms with Crippen molar-refractivity contribution in [1.82, 2.24) is 14.5 Å². The fraction of sp³-hybridized carbons (Fsp3) is 0. The second kappa shape index (κ2) is 17.1. The van der Waals surface area contributed by atoms with Gasteiger partial charge in [-0.1, -0.05) is 158 Å². The molecule has 0 aliphatic heterocycles. The molecular formula is C68H44N4. The minimum absolute atomic E-state index is 1.06. The Morgan fingerprint density at radius 1 is 0.292 bits per heavy atom. The van der Waals surface area contributed by atoms with Crippen molar-refractivity contribution in [2.75, 3.05) is 4.90 Å². The van der Waals surface area contributed by atoms with Gasteiger partial charge in [-0.05, 0) is 162 Å². The molecule has 0 amide bonds. The lowest BCUT2D eigenvalue weighted by Gasteiger charge is -2.27. The van der Waals surface area contributed by atoms with Crippen LogP contribution in [-0.2, 0) is 0 Å². The second-order valence-electron chi connectivity index (χ2n) is 18.6. The molecule has 0 spiro atoms. The topological polar surface area (TPSA) is 34.0 Å². The summed E-state index contributed by atoms with van der Waals surface area (Å²) >= 11 is 0. The third kappa shape index (κ3) is 6.84. The normalized spacial score (nSPS) is 11.6. The molecule has 3 aromatic heterocycles. The maximum Gasteiger partial charge on any atom is 0.0542 e. The van der Waals surface area contributed by atoms with Crippen molar-refractivity contribution in [3.8, 4) is 50.2 Å². The molecule has 72 heavy (non-hydrogen) atoms. The SMILES string of the molecule is c1ccc(N(c2ccc3c(-c4ccccc4-c4ccc5ccncc5c4)c4ccccc4c(-c4ccccc4-c4ccc5ccncc5c4)c3c2)c2ccc3c(c2)c2ccccc2n3-c2ccccc2)cc1. The van der Waals surface area contributed by atoms with Crippen LogP contribution < -0.4 is 4.90 Å². The van der Waals surface area contributed by atoms with Crippen molar-refractivity contribution in [1.29, 1.82) is 0 Å². The van der Waals surface area contributed by atoms with Gasteiger partial charge in [-0.25, -0.2) is 0 Å². The van der Waals surface area contributed by atoms with Gasteiger partial charge in [0.1, 0.15) is 0 Å². The largest absolute Gasteiger partial charge is 0.310 e. The number of hydrogen-bond donors (Lipinski definition) is 0. The highest BCUT2D eigenvalue weighted by molar-refractivity contribution is 6.24. The zero-order chi connectivity index (χ0) is 47.5. The highest BCUT2D eigenvalue weighted by Crippen LogP contribution is 2.50. The molecular weight excluding hydrogens is 873 g/mol. The molecule has 0 saturated heterocycles. The van der Waals surface area contributed by atoms with Gasteiger partial charge < -0.3 is 9.47 Å². The van der Waals surface area contributed by atoms with E-state index in [0.29, 0.717) is 0 Å². The van der Waals surface area contributed by atoms with Crippen LogP contribution >= 0.6 is 0 Å². The van der Waals surface area contributed by atoms with Crippen molar-refractivity contribution >= 4 is 82.0 Å². The third-order valence-corrected chi connectivity index (χ3v) is 14.5. The first-order chi connectivity index (χ1) is 35.7. The van der Waals surface area contributed by atoms with E-state index in [1.807, 2.05) is 24.8 Å². The smallest absolute Gasteiger partial charge is 0.0542 e. The van der Waals surface area contributed by atoms with Crippen LogP contribution in [-0.4, -0.2) is 14.5 Å². The summed E-state index contributed by atoms with van der Waals surface area (Å²) in [6, 6.07) is 88.8. The molecule has 0 radical (unpaired) electrons. The van der Waals surface area contributed by atoms with Gasteiger partial charge in [-0.2, -0.15) is 0 Å². The van der Waals surface area contributed by atoms with Crippen molar-refractivity contribution in [2.24, 2.45) is 0 Å². The van der Waals surface area contributed by atoms with Crippen molar-refractivity contribution < 1.29 is 0 Å². The Kier molecular flexibility index (Phi) is 9.82. The van der Waals surface area contributed by atoms with E-state index in [1.165, 1.54) is 82.1 Å². The minimum atomic E-state index is 1.06. The van der Waals surface area contributed by atoms with E-state index >= 15 is 0 Å². The van der Waals surface area contributed by atoms with E-state index in [9.17, 15) is 0 Å². The fourth-order valence-corrected chi connectivity index (χ4v) is 11.3. The molecule has 14 rings (SSSR count). The zero-order valence-electron chi connectivity index (χ0n) is 39.2. The molecule has 0 unspecified atom stereocenters. The minimum Gasteiger partial charge on any atom is -0.310 e. The molecule has 0 aliphatic carbocycles. The van der Waals surface area contributed by atoms with Crippen LogP contribution in [0.1, 0.15) is 0 Å². The first-order valence-electron chi connectivity index (χ1n) is 24.5. The highest BCUT2D eigenvalue weighted by Gasteiger charge is 2.24. The molecule has 4 nitrogen and oxygen atoms in total. The first kappa shape index (κ1) is 41.3. The summed E-state index contributed by atoms with van der Waals surface area (Å²) in [7, 11) is 0. The van der Waals surface area contributed by atoms with E-state index < -0.39 is 0 Å². The van der Waals surface area contributed by atoms with Crippen LogP contribution in [0.2, 0.25) is 0 Å². The van der Waals surface area contributed by atoms with Crippen LogP contribution in [0.15, 0.2) is 267 Å². The van der Waals surface area contributed by atoms with Gasteiger partial charge in [0, 0.05) is 69.1 Å². The zero-order valence-corrected chi connectivity index (χ0v) is 39.2. The van der Waals surface area contributed by atoms with Crippen LogP contribution in [0, 0.1) is 0 Å². The van der Waals surface area contributed by atoms with E-state index in [2.05, 4.69) is 262 Å². The number of aromatic nitrogens is 3. The first-order valence-corrected chi connectivity index (χ1v) is 24.5. The van der Waals surface area contributed by atoms with Crippen molar-refractivity contribution in [3.63, 3.8) is 0 Å². The molecule has 0 aliphatic rings. The van der Waals surface area contributed by atoms with Gasteiger partial charge in [0.2, 0.25) is 0 Å². The molecule has 0 N–H and O–H groups in total. The van der Waals surface area contributed by atoms with E-state index in [4.69, 9.17) is 0 Å². The molecule has 0 saturated carbocycles. The lowest BCUT2D eigenvalue weighted by atomic mass is 9.82. The standard InChI is InChI=1S/C68H44N4/c1-3-15-51(16-4-1)71(54-32-34-66-63(41-54)57-21-13-14-26-65(57)72(66)52-17-5-2-6-18-52)53-31-33-62-64(42-53)68(59-23-10-8-20-56(59)48-30-28-46-36-38-70-44-50(46)40-48)61-25-12-11-24-60(61)67(62)58-22-9-7-19-55(58)47-29-27-45-35-37-69-43-49(45)39-47/h1-44H. The number of hydrogen-bond acceptors (Lipinski definition) is 3. The average Bonchev–Trinajstić information content (AvgIpc) is 3.78. The van der Waals surface area contributed by atoms with Crippen LogP contribution in [0.4, 0.5) is 17.1 Å². The van der Waals surface area contributed by atoms with Gasteiger partial charge in [0.05, 0.1) is 11.0 Å². The van der Waals surface area contributed by atoms with E-state index in [-0.39, 0.29) is 0 Å². The summed E-state index contributed by atoms with van der Waals surface area (Å²) in [4.78, 5) is 11.4. The van der Waals surface area contributed by atoms with E-state index in [1.54, 1.807) is 0 Å². The van der Waals surface area contributed by atoms with Gasteiger partial charge in [-0.15, -0.1) is 0 Å². The number of fused-ring (bicyclic) bond motifs is 7. The Morgan fingerprint density at radius 2 is 0.764 bits per heavy atom. The van der Waals surface area contributed by atoms with Crippen LogP contribution in [0.25, 0.3) is 115 Å². The van der Waals surface area contributed by atoms with Gasteiger partial charge in [0.15, 0.2) is 0 Å². The number of rotatable bonds is 8. The number of anilines is 3. The molecule has 11 aromatic carbocycles. The molecule has 0 bridgehead atoms. The Labute approximate surface area is 417 Å². The number of para-hydroxylation sites is 3. The Morgan fingerprint density at radius 3 is 1.39 bits per heavy atom. The van der Waals surface area contributed by atoms with Gasteiger partial charge >= 0.3 is 0 Å². The average molecular weight is 917 g/mol. The maximum absolute atomic E-state index is 4.51. The van der Waals surface area contributed by atoms with Crippen molar-refractivity contribution in [2.45, 2.75) is 0 Å².